The third kappa shape index (κ3) is 5.30. The van der Waals surface area contributed by atoms with Gasteiger partial charge < -0.3 is 14.6 Å². The minimum atomic E-state index is -0.896. The van der Waals surface area contributed by atoms with E-state index in [1.54, 1.807) is 18.2 Å². The van der Waals surface area contributed by atoms with Gasteiger partial charge in [0.25, 0.3) is 5.78 Å². The van der Waals surface area contributed by atoms with Crippen molar-refractivity contribution in [1.29, 1.82) is 0 Å². The summed E-state index contributed by atoms with van der Waals surface area (Å²) in [5.41, 5.74) is 2.02. The molecule has 202 valence electrons. The molecule has 0 saturated carbocycles. The molecule has 0 radical (unpaired) electrons. The molecule has 12 heteroatoms. The molecule has 1 fully saturated rings. The maximum Gasteiger partial charge on any atom is 0.301 e. The van der Waals surface area contributed by atoms with Gasteiger partial charge in [0.15, 0.2) is 15.8 Å². The monoisotopic (exact) mass is 703 g/mol. The van der Waals surface area contributed by atoms with Gasteiger partial charge in [-0.3, -0.25) is 14.5 Å². The van der Waals surface area contributed by atoms with Crippen LogP contribution >= 0.6 is 57.3 Å². The van der Waals surface area contributed by atoms with Crippen LogP contribution in [0.1, 0.15) is 22.7 Å². The zero-order chi connectivity index (χ0) is 27.8. The number of rotatable bonds is 6. The maximum absolute atomic E-state index is 13.5. The van der Waals surface area contributed by atoms with E-state index >= 15 is 0 Å². The van der Waals surface area contributed by atoms with Crippen molar-refractivity contribution in [3.8, 4) is 11.5 Å². The van der Waals surface area contributed by atoms with Gasteiger partial charge in [0.2, 0.25) is 5.13 Å². The van der Waals surface area contributed by atoms with E-state index < -0.39 is 17.7 Å². The Labute approximate surface area is 256 Å². The molecule has 0 spiro atoms. The van der Waals surface area contributed by atoms with Crippen LogP contribution in [-0.4, -0.2) is 40.2 Å². The minimum absolute atomic E-state index is 0.0338. The molecule has 1 amide bonds. The van der Waals surface area contributed by atoms with Crippen molar-refractivity contribution in [2.45, 2.75) is 16.1 Å². The largest absolute Gasteiger partial charge is 0.507 e. The number of benzene rings is 3. The molecule has 0 aliphatic carbocycles. The van der Waals surface area contributed by atoms with Crippen LogP contribution in [0.15, 0.2) is 76.6 Å². The van der Waals surface area contributed by atoms with Crippen LogP contribution in [0, 0.1) is 3.57 Å². The van der Waals surface area contributed by atoms with E-state index in [1.807, 2.05) is 48.5 Å². The highest BCUT2D eigenvalue weighted by molar-refractivity contribution is 14.1. The van der Waals surface area contributed by atoms with Gasteiger partial charge in [0, 0.05) is 19.9 Å². The lowest BCUT2D eigenvalue weighted by Gasteiger charge is -2.23. The fourth-order valence-corrected chi connectivity index (χ4v) is 6.73. The molecule has 6 rings (SSSR count). The summed E-state index contributed by atoms with van der Waals surface area (Å²) in [5.74, 6) is -0.246. The van der Waals surface area contributed by atoms with Gasteiger partial charge in [0.05, 0.1) is 11.6 Å². The van der Waals surface area contributed by atoms with Crippen LogP contribution in [0.25, 0.3) is 5.76 Å². The molecule has 4 aromatic rings. The molecule has 1 N–H and O–H groups in total. The predicted octanol–water partition coefficient (Wildman–Crippen LogP) is 6.49. The minimum Gasteiger partial charge on any atom is -0.507 e. The third-order valence-corrected chi connectivity index (χ3v) is 9.42. The molecule has 3 heterocycles. The lowest BCUT2D eigenvalue weighted by molar-refractivity contribution is -0.132. The molecular weight excluding hydrogens is 685 g/mol. The molecule has 1 saturated heterocycles. The Morgan fingerprint density at radius 1 is 1.02 bits per heavy atom. The lowest BCUT2D eigenvalue weighted by atomic mass is 9.95. The SMILES string of the molecule is O=C1C(=O)N(c2nnc(SCc3ccc(Cl)cc3)s2)C(c2ccc(I)cc2)/C1=C(\O)c1ccc2c(c1)OCCO2. The fourth-order valence-electron chi connectivity index (χ4n) is 4.42. The van der Waals surface area contributed by atoms with Crippen LogP contribution in [0.2, 0.25) is 5.02 Å². The number of thioether (sulfide) groups is 1. The molecular formula is C28H19ClIN3O5S2. The molecule has 1 atom stereocenters. The van der Waals surface area contributed by atoms with Gasteiger partial charge in [-0.05, 0) is 76.2 Å². The Morgan fingerprint density at radius 3 is 2.50 bits per heavy atom. The van der Waals surface area contributed by atoms with E-state index in [1.165, 1.54) is 28.0 Å². The van der Waals surface area contributed by atoms with Crippen molar-refractivity contribution in [2.75, 3.05) is 18.1 Å². The molecule has 2 aliphatic rings. The predicted molar refractivity (Wildman–Crippen MR) is 162 cm³/mol. The Balaban J connectivity index is 1.38. The summed E-state index contributed by atoms with van der Waals surface area (Å²) in [6.45, 7) is 0.803. The second-order valence-corrected chi connectivity index (χ2v) is 12.7. The Bertz CT molecular complexity index is 1640. The molecule has 0 bridgehead atoms. The number of aliphatic hydroxyl groups excluding tert-OH is 1. The molecule has 2 aliphatic heterocycles. The summed E-state index contributed by atoms with van der Waals surface area (Å²) in [6.07, 6.45) is 0. The number of aliphatic hydroxyl groups is 1. The smallest absolute Gasteiger partial charge is 0.301 e. The maximum atomic E-state index is 13.5. The highest BCUT2D eigenvalue weighted by atomic mass is 127. The summed E-state index contributed by atoms with van der Waals surface area (Å²) in [4.78, 5) is 28.2. The zero-order valence-corrected chi connectivity index (χ0v) is 25.1. The number of fused-ring (bicyclic) bond motifs is 1. The first-order chi connectivity index (χ1) is 19.4. The van der Waals surface area contributed by atoms with Gasteiger partial charge in [-0.25, -0.2) is 0 Å². The quantitative estimate of drug-likeness (QED) is 0.0608. The van der Waals surface area contributed by atoms with Crippen LogP contribution in [0.3, 0.4) is 0 Å². The molecule has 1 aromatic heterocycles. The number of hydrogen-bond acceptors (Lipinski definition) is 9. The standard InChI is InChI=1S/C28H19ClIN3O5S2/c29-18-6-1-15(2-7-18)14-39-28-32-31-27(40-28)33-23(16-3-8-19(30)9-4-16)22(25(35)26(33)36)24(34)17-5-10-20-21(13-17)38-12-11-37-20/h1-10,13,23,34H,11-12,14H2/b24-22+. The first-order valence-corrected chi connectivity index (χ1v) is 15.3. The van der Waals surface area contributed by atoms with Crippen molar-refractivity contribution in [3.63, 3.8) is 0 Å². The Hall–Kier alpha value is -3.13. The van der Waals surface area contributed by atoms with Crippen molar-refractivity contribution in [2.24, 2.45) is 0 Å². The van der Waals surface area contributed by atoms with Crippen molar-refractivity contribution in [3.05, 3.63) is 97.6 Å². The van der Waals surface area contributed by atoms with E-state index in [4.69, 9.17) is 21.1 Å². The number of halogens is 2. The van der Waals surface area contributed by atoms with Gasteiger partial charge in [-0.15, -0.1) is 10.2 Å². The molecule has 3 aromatic carbocycles. The normalized spacial score (nSPS) is 17.9. The first kappa shape index (κ1) is 27.1. The number of anilines is 1. The number of ketones is 1. The van der Waals surface area contributed by atoms with Gasteiger partial charge in [0.1, 0.15) is 19.0 Å². The topological polar surface area (TPSA) is 102 Å². The van der Waals surface area contributed by atoms with Crippen LogP contribution in [0.5, 0.6) is 11.5 Å². The second kappa shape index (κ2) is 11.4. The van der Waals surface area contributed by atoms with Gasteiger partial charge >= 0.3 is 5.91 Å². The number of carbonyl (C=O) groups excluding carboxylic acids is 2. The van der Waals surface area contributed by atoms with Crippen LogP contribution in [-0.2, 0) is 15.3 Å². The number of ether oxygens (including phenoxy) is 2. The van der Waals surface area contributed by atoms with Gasteiger partial charge in [-0.1, -0.05) is 59.0 Å². The van der Waals surface area contributed by atoms with E-state index in [0.717, 1.165) is 9.13 Å². The van der Waals surface area contributed by atoms with Crippen molar-refractivity contribution in [1.82, 2.24) is 10.2 Å². The lowest BCUT2D eigenvalue weighted by Crippen LogP contribution is -2.29. The van der Waals surface area contributed by atoms with Crippen LogP contribution in [0.4, 0.5) is 5.13 Å². The van der Waals surface area contributed by atoms with Crippen molar-refractivity contribution < 1.29 is 24.2 Å². The number of hydrogen-bond donors (Lipinski definition) is 1. The van der Waals surface area contributed by atoms with E-state index in [-0.39, 0.29) is 16.5 Å². The average Bonchev–Trinajstić information content (AvgIpc) is 3.54. The van der Waals surface area contributed by atoms with Gasteiger partial charge in [-0.2, -0.15) is 0 Å². The third-order valence-electron chi connectivity index (χ3n) is 6.32. The molecule has 8 nitrogen and oxygen atoms in total. The molecule has 1 unspecified atom stereocenters. The summed E-state index contributed by atoms with van der Waals surface area (Å²) in [7, 11) is 0. The number of nitrogens with zero attached hydrogens (tertiary/aromatic N) is 3. The van der Waals surface area contributed by atoms with E-state index in [2.05, 4.69) is 32.8 Å². The first-order valence-electron chi connectivity index (χ1n) is 12.1. The summed E-state index contributed by atoms with van der Waals surface area (Å²) >= 11 is 10.8. The zero-order valence-electron chi connectivity index (χ0n) is 20.5. The van der Waals surface area contributed by atoms with E-state index in [9.17, 15) is 14.7 Å². The molecule has 40 heavy (non-hydrogen) atoms. The Kier molecular flexibility index (Phi) is 7.71. The summed E-state index contributed by atoms with van der Waals surface area (Å²) in [5, 5.41) is 20.9. The number of aromatic nitrogens is 2. The highest BCUT2D eigenvalue weighted by Gasteiger charge is 2.48. The number of amides is 1. The van der Waals surface area contributed by atoms with Crippen LogP contribution < -0.4 is 14.4 Å². The second-order valence-electron chi connectivity index (χ2n) is 8.84. The highest BCUT2D eigenvalue weighted by Crippen LogP contribution is 2.45. The Morgan fingerprint density at radius 2 is 1.75 bits per heavy atom. The number of carbonyl (C=O) groups is 2. The number of Topliss-reactive ketones (excluding diaryl/α,β-unsaturated/α-hetero) is 1. The summed E-state index contributed by atoms with van der Waals surface area (Å²) < 4.78 is 12.9. The average molecular weight is 704 g/mol. The van der Waals surface area contributed by atoms with E-state index in [0.29, 0.717) is 51.0 Å². The van der Waals surface area contributed by atoms with Crippen molar-refractivity contribution >= 4 is 79.9 Å². The fraction of sp³-hybridized carbons (Fsp3) is 0.143. The summed E-state index contributed by atoms with van der Waals surface area (Å²) in [6, 6.07) is 19.0.